The molecule has 0 aliphatic heterocycles. The van der Waals surface area contributed by atoms with E-state index >= 15 is 0 Å². The molecule has 0 spiro atoms. The molecule has 8 N–H and O–H groups in total. The Balaban J connectivity index is 3.56. The van der Waals surface area contributed by atoms with Crippen LogP contribution in [-0.2, 0) is 11.8 Å². The van der Waals surface area contributed by atoms with Crippen LogP contribution in [0.5, 0.6) is 0 Å². The van der Waals surface area contributed by atoms with Crippen LogP contribution in [0.25, 0.3) is 0 Å². The molecular weight excluding hydrogens is 221 g/mol. The van der Waals surface area contributed by atoms with Gasteiger partial charge >= 0.3 is 0 Å². The van der Waals surface area contributed by atoms with Gasteiger partial charge in [0.1, 0.15) is 6.49 Å². The van der Waals surface area contributed by atoms with Crippen molar-refractivity contribution in [3.63, 3.8) is 0 Å². The predicted molar refractivity (Wildman–Crippen MR) is 62.7 cm³/mol. The SMILES string of the molecule is CCCCNP(N)(=S)NCNC(N)O. The summed E-state index contributed by atoms with van der Waals surface area (Å²) in [5.74, 6) is 0. The Morgan fingerprint density at radius 2 is 2.14 bits per heavy atom. The smallest absolute Gasteiger partial charge is 0.158 e. The summed E-state index contributed by atoms with van der Waals surface area (Å²) in [5, 5.41) is 17.2. The Kier molecular flexibility index (Phi) is 7.89. The van der Waals surface area contributed by atoms with Gasteiger partial charge in [-0.2, -0.15) is 0 Å². The number of rotatable bonds is 8. The zero-order chi connectivity index (χ0) is 11.0. The second kappa shape index (κ2) is 7.67. The zero-order valence-corrected chi connectivity index (χ0v) is 10.1. The average Bonchev–Trinajstić information content (AvgIpc) is 2.03. The van der Waals surface area contributed by atoms with E-state index in [9.17, 15) is 0 Å². The van der Waals surface area contributed by atoms with Gasteiger partial charge < -0.3 is 5.11 Å². The van der Waals surface area contributed by atoms with Crippen molar-refractivity contribution in [2.24, 2.45) is 11.2 Å². The topological polar surface area (TPSA) is 108 Å². The molecule has 2 unspecified atom stereocenters. The summed E-state index contributed by atoms with van der Waals surface area (Å²) in [6, 6.07) is 0. The van der Waals surface area contributed by atoms with Crippen molar-refractivity contribution >= 4 is 18.3 Å². The Labute approximate surface area is 90.0 Å². The first kappa shape index (κ1) is 14.4. The molecule has 0 aliphatic carbocycles. The molecule has 0 saturated heterocycles. The van der Waals surface area contributed by atoms with Crippen molar-refractivity contribution in [1.82, 2.24) is 15.5 Å². The third kappa shape index (κ3) is 8.98. The molecule has 0 rings (SSSR count). The van der Waals surface area contributed by atoms with Crippen LogP contribution in [0.2, 0.25) is 0 Å². The van der Waals surface area contributed by atoms with Gasteiger partial charge in [0.15, 0.2) is 6.35 Å². The Morgan fingerprint density at radius 3 is 2.64 bits per heavy atom. The Hall–Kier alpha value is 0.410. The first-order valence-electron chi connectivity index (χ1n) is 4.54. The fraction of sp³-hybridized carbons (Fsp3) is 1.00. The maximum Gasteiger partial charge on any atom is 0.158 e. The summed E-state index contributed by atoms with van der Waals surface area (Å²) in [7, 11) is 0. The second-order valence-corrected chi connectivity index (χ2v) is 6.58. The lowest BCUT2D eigenvalue weighted by atomic mass is 10.3. The molecule has 86 valence electrons. The predicted octanol–water partition coefficient (Wildman–Crippen LogP) is -1.07. The van der Waals surface area contributed by atoms with Crippen molar-refractivity contribution in [2.75, 3.05) is 13.2 Å². The van der Waals surface area contributed by atoms with Gasteiger partial charge in [-0.1, -0.05) is 13.3 Å². The van der Waals surface area contributed by atoms with Gasteiger partial charge in [0.2, 0.25) is 0 Å². The highest BCUT2D eigenvalue weighted by atomic mass is 32.4. The van der Waals surface area contributed by atoms with Gasteiger partial charge in [0.25, 0.3) is 0 Å². The molecule has 8 heteroatoms. The molecule has 0 bridgehead atoms. The minimum Gasteiger partial charge on any atom is -0.366 e. The van der Waals surface area contributed by atoms with E-state index in [1.54, 1.807) is 0 Å². The fourth-order valence-electron chi connectivity index (χ4n) is 0.745. The molecule has 0 heterocycles. The normalized spacial score (nSPS) is 17.7. The largest absolute Gasteiger partial charge is 0.366 e. The molecule has 6 nitrogen and oxygen atoms in total. The first-order chi connectivity index (χ1) is 6.48. The molecule has 14 heavy (non-hydrogen) atoms. The highest BCUT2D eigenvalue weighted by molar-refractivity contribution is 8.11. The number of aliphatic hydroxyl groups excluding tert-OH is 1. The molecular formula is C6H20N5OPS. The summed E-state index contributed by atoms with van der Waals surface area (Å²) in [6.07, 6.45) is 1.10. The maximum atomic E-state index is 8.71. The molecule has 0 aromatic rings. The molecule has 2 atom stereocenters. The summed E-state index contributed by atoms with van der Waals surface area (Å²) in [4.78, 5) is 0. The molecule has 0 aliphatic rings. The van der Waals surface area contributed by atoms with Gasteiger partial charge in [0.05, 0.1) is 6.67 Å². The minimum atomic E-state index is -2.17. The average molecular weight is 241 g/mol. The lowest BCUT2D eigenvalue weighted by Crippen LogP contribution is -2.43. The van der Waals surface area contributed by atoms with Crippen LogP contribution in [0.1, 0.15) is 19.8 Å². The number of hydrogen-bond donors (Lipinski definition) is 6. The molecule has 0 aromatic carbocycles. The van der Waals surface area contributed by atoms with Gasteiger partial charge in [-0.15, -0.1) is 0 Å². The molecule has 0 saturated carbocycles. The van der Waals surface area contributed by atoms with Crippen molar-refractivity contribution in [3.05, 3.63) is 0 Å². The molecule has 0 amide bonds. The molecule has 0 radical (unpaired) electrons. The van der Waals surface area contributed by atoms with Crippen LogP contribution >= 0.6 is 6.49 Å². The van der Waals surface area contributed by atoms with Gasteiger partial charge in [-0.3, -0.25) is 26.7 Å². The number of unbranched alkanes of at least 4 members (excludes halogenated alkanes) is 1. The van der Waals surface area contributed by atoms with E-state index in [0.29, 0.717) is 6.67 Å². The fourth-order valence-corrected chi connectivity index (χ4v) is 2.14. The van der Waals surface area contributed by atoms with Crippen LogP contribution in [0.4, 0.5) is 0 Å². The molecule has 0 aromatic heterocycles. The van der Waals surface area contributed by atoms with E-state index in [4.69, 9.17) is 28.2 Å². The van der Waals surface area contributed by atoms with Gasteiger partial charge in [0, 0.05) is 6.54 Å². The quantitative estimate of drug-likeness (QED) is 0.182. The van der Waals surface area contributed by atoms with E-state index in [0.717, 1.165) is 19.4 Å². The number of hydrogen-bond acceptors (Lipinski definition) is 4. The molecule has 0 fully saturated rings. The lowest BCUT2D eigenvalue weighted by molar-refractivity contribution is 0.144. The highest BCUT2D eigenvalue weighted by Gasteiger charge is 2.07. The third-order valence-electron chi connectivity index (χ3n) is 1.50. The lowest BCUT2D eigenvalue weighted by Gasteiger charge is -2.20. The van der Waals surface area contributed by atoms with Crippen LogP contribution in [-0.4, -0.2) is 24.7 Å². The minimum absolute atomic E-state index is 0.296. The van der Waals surface area contributed by atoms with Crippen molar-refractivity contribution in [2.45, 2.75) is 26.1 Å². The van der Waals surface area contributed by atoms with E-state index in [2.05, 4.69) is 22.4 Å². The number of nitrogens with one attached hydrogen (secondary N) is 3. The number of nitrogens with two attached hydrogens (primary N) is 2. The standard InChI is InChI=1S/C6H20N5OPS/c1-2-3-4-10-13(8,14)11-5-9-6(7)12/h6,9,12H,2-5,7H2,1H3,(H4,8,10,11,14). The van der Waals surface area contributed by atoms with Gasteiger partial charge in [-0.25, -0.2) is 0 Å². The number of aliphatic hydroxyl groups is 1. The van der Waals surface area contributed by atoms with Crippen LogP contribution in [0.15, 0.2) is 0 Å². The van der Waals surface area contributed by atoms with Gasteiger partial charge in [-0.05, 0) is 18.2 Å². The van der Waals surface area contributed by atoms with E-state index in [1.165, 1.54) is 0 Å². The first-order valence-corrected chi connectivity index (χ1v) is 7.41. The van der Waals surface area contributed by atoms with E-state index < -0.39 is 12.8 Å². The van der Waals surface area contributed by atoms with Crippen LogP contribution < -0.4 is 26.7 Å². The van der Waals surface area contributed by atoms with E-state index in [1.807, 2.05) is 0 Å². The van der Waals surface area contributed by atoms with Crippen molar-refractivity contribution < 1.29 is 5.11 Å². The monoisotopic (exact) mass is 241 g/mol. The van der Waals surface area contributed by atoms with E-state index in [-0.39, 0.29) is 0 Å². The van der Waals surface area contributed by atoms with Crippen LogP contribution in [0, 0.1) is 0 Å². The summed E-state index contributed by atoms with van der Waals surface area (Å²) >= 11 is 5.11. The Bertz CT molecular complexity index is 191. The van der Waals surface area contributed by atoms with Crippen molar-refractivity contribution in [3.8, 4) is 0 Å². The maximum absolute atomic E-state index is 8.71. The van der Waals surface area contributed by atoms with Crippen LogP contribution in [0.3, 0.4) is 0 Å². The third-order valence-corrected chi connectivity index (χ3v) is 3.60. The summed E-state index contributed by atoms with van der Waals surface area (Å²) < 4.78 is 0. The Morgan fingerprint density at radius 1 is 1.50 bits per heavy atom. The summed E-state index contributed by atoms with van der Waals surface area (Å²) in [6.45, 7) is 1.03. The second-order valence-electron chi connectivity index (χ2n) is 2.90. The highest BCUT2D eigenvalue weighted by Crippen LogP contribution is 2.23. The zero-order valence-electron chi connectivity index (χ0n) is 8.36. The summed E-state index contributed by atoms with van der Waals surface area (Å²) in [5.41, 5.74) is 10.8. The van der Waals surface area contributed by atoms with Crippen molar-refractivity contribution in [1.29, 1.82) is 0 Å².